The zero-order valence-electron chi connectivity index (χ0n) is 18.2. The van der Waals surface area contributed by atoms with Crippen LogP contribution in [-0.4, -0.2) is 24.2 Å². The summed E-state index contributed by atoms with van der Waals surface area (Å²) in [5.41, 5.74) is 1.09. The zero-order valence-corrected chi connectivity index (χ0v) is 19.0. The number of nitriles is 1. The molecule has 4 rings (SSSR count). The number of hydrogen-bond donors (Lipinski definition) is 1. The largest absolute Gasteiger partial charge is 0.497 e. The third kappa shape index (κ3) is 4.97. The topological polar surface area (TPSA) is 95.6 Å². The number of ether oxygens (including phenoxy) is 1. The number of rotatable bonds is 7. The maximum atomic E-state index is 13.4. The first-order chi connectivity index (χ1) is 16.5. The predicted octanol–water partition coefficient (Wildman–Crippen LogP) is 4.17. The van der Waals surface area contributed by atoms with E-state index < -0.39 is 11.2 Å². The van der Waals surface area contributed by atoms with Crippen LogP contribution in [0.2, 0.25) is 0 Å². The van der Waals surface area contributed by atoms with Crippen LogP contribution >= 0.6 is 11.8 Å². The number of nitrogens with zero attached hydrogens (tertiary/aromatic N) is 2. The van der Waals surface area contributed by atoms with Gasteiger partial charge in [0.1, 0.15) is 34.0 Å². The van der Waals surface area contributed by atoms with Gasteiger partial charge in [-0.3, -0.25) is 14.5 Å². The fourth-order valence-corrected chi connectivity index (χ4v) is 4.77. The number of furan rings is 1. The van der Waals surface area contributed by atoms with Gasteiger partial charge >= 0.3 is 0 Å². The van der Waals surface area contributed by atoms with Gasteiger partial charge in [-0.25, -0.2) is 4.39 Å². The van der Waals surface area contributed by atoms with Gasteiger partial charge in [0.2, 0.25) is 5.91 Å². The number of amides is 2. The summed E-state index contributed by atoms with van der Waals surface area (Å²) in [7, 11) is 1.53. The van der Waals surface area contributed by atoms with E-state index in [0.717, 1.165) is 17.3 Å². The Labute approximate surface area is 199 Å². The van der Waals surface area contributed by atoms with Crippen molar-refractivity contribution in [3.8, 4) is 11.8 Å². The summed E-state index contributed by atoms with van der Waals surface area (Å²) < 4.78 is 23.7. The van der Waals surface area contributed by atoms with E-state index >= 15 is 0 Å². The van der Waals surface area contributed by atoms with Crippen molar-refractivity contribution in [2.75, 3.05) is 12.0 Å². The second kappa shape index (κ2) is 10.3. The Balaban J connectivity index is 1.67. The van der Waals surface area contributed by atoms with Gasteiger partial charge in [-0.2, -0.15) is 5.26 Å². The minimum Gasteiger partial charge on any atom is -0.497 e. The van der Waals surface area contributed by atoms with Crippen molar-refractivity contribution in [1.82, 2.24) is 5.32 Å². The third-order valence-electron chi connectivity index (χ3n) is 5.17. The summed E-state index contributed by atoms with van der Waals surface area (Å²) in [6.07, 6.45) is 1.80. The molecule has 1 unspecified atom stereocenters. The van der Waals surface area contributed by atoms with Gasteiger partial charge in [-0.1, -0.05) is 23.9 Å². The Kier molecular flexibility index (Phi) is 6.99. The van der Waals surface area contributed by atoms with Gasteiger partial charge in [0.15, 0.2) is 0 Å². The van der Waals surface area contributed by atoms with E-state index in [9.17, 15) is 19.2 Å². The molecule has 1 fully saturated rings. The molecule has 0 bridgehead atoms. The lowest BCUT2D eigenvalue weighted by atomic mass is 10.1. The van der Waals surface area contributed by atoms with Crippen LogP contribution in [0, 0.1) is 17.1 Å². The normalized spacial score (nSPS) is 16.8. The Morgan fingerprint density at radius 2 is 1.94 bits per heavy atom. The van der Waals surface area contributed by atoms with Crippen molar-refractivity contribution in [1.29, 1.82) is 5.26 Å². The van der Waals surface area contributed by atoms with E-state index in [1.165, 1.54) is 30.4 Å². The summed E-state index contributed by atoms with van der Waals surface area (Å²) >= 11 is 1.14. The average molecular weight is 478 g/mol. The number of benzene rings is 2. The third-order valence-corrected chi connectivity index (χ3v) is 6.44. The van der Waals surface area contributed by atoms with Gasteiger partial charge in [-0.05, 0) is 60.5 Å². The van der Waals surface area contributed by atoms with E-state index in [2.05, 4.69) is 5.32 Å². The van der Waals surface area contributed by atoms with Crippen molar-refractivity contribution < 1.29 is 23.1 Å². The average Bonchev–Trinajstić information content (AvgIpc) is 3.48. The molecule has 9 heteroatoms. The van der Waals surface area contributed by atoms with Crippen molar-refractivity contribution in [3.63, 3.8) is 0 Å². The van der Waals surface area contributed by atoms with E-state index in [-0.39, 0.29) is 28.9 Å². The van der Waals surface area contributed by atoms with E-state index in [1.807, 2.05) is 6.07 Å². The Morgan fingerprint density at radius 3 is 2.56 bits per heavy atom. The van der Waals surface area contributed by atoms with Gasteiger partial charge in [0, 0.05) is 5.69 Å². The number of halogens is 1. The highest BCUT2D eigenvalue weighted by atomic mass is 32.2. The van der Waals surface area contributed by atoms with Crippen LogP contribution in [-0.2, 0) is 22.6 Å². The molecule has 1 atom stereocenters. The first-order valence-corrected chi connectivity index (χ1v) is 11.2. The maximum absolute atomic E-state index is 13.4. The molecule has 0 aliphatic carbocycles. The first kappa shape index (κ1) is 23.1. The molecule has 172 valence electrons. The van der Waals surface area contributed by atoms with Gasteiger partial charge in [-0.15, -0.1) is 0 Å². The number of hydrogen-bond acceptors (Lipinski definition) is 6. The lowest BCUT2D eigenvalue weighted by Crippen LogP contribution is -2.32. The van der Waals surface area contributed by atoms with Gasteiger partial charge in [0.25, 0.3) is 5.91 Å². The number of anilines is 1. The molecule has 2 heterocycles. The van der Waals surface area contributed by atoms with Crippen LogP contribution in [0.1, 0.15) is 11.3 Å². The first-order valence-electron chi connectivity index (χ1n) is 10.3. The van der Waals surface area contributed by atoms with Gasteiger partial charge in [0.05, 0.1) is 25.2 Å². The molecule has 2 aromatic carbocycles. The van der Waals surface area contributed by atoms with Crippen LogP contribution in [0.25, 0.3) is 0 Å². The minimum atomic E-state index is -0.616. The molecule has 1 aromatic heterocycles. The summed E-state index contributed by atoms with van der Waals surface area (Å²) in [6, 6.07) is 18.0. The number of nitrogens with one attached hydrogen (secondary N) is 1. The van der Waals surface area contributed by atoms with Crippen molar-refractivity contribution in [2.45, 2.75) is 18.2 Å². The molecule has 1 saturated heterocycles. The number of carbonyl (C=O) groups excluding carboxylic acids is 2. The highest BCUT2D eigenvalue weighted by Crippen LogP contribution is 2.42. The monoisotopic (exact) mass is 477 g/mol. The SMILES string of the molecule is COc1ccc(N2C(=O)C(Cc3ccc(F)cc3)S/C2=C(/C#N)C(=O)NCc2ccco2)cc1. The number of thioether (sulfide) groups is 1. The molecular weight excluding hydrogens is 457 g/mol. The lowest BCUT2D eigenvalue weighted by Gasteiger charge is -2.19. The minimum absolute atomic E-state index is 0.102. The molecule has 0 saturated carbocycles. The molecule has 1 aliphatic heterocycles. The predicted molar refractivity (Wildman–Crippen MR) is 125 cm³/mol. The van der Waals surface area contributed by atoms with Crippen molar-refractivity contribution in [3.05, 3.63) is 94.7 Å². The van der Waals surface area contributed by atoms with Crippen LogP contribution in [0.5, 0.6) is 5.75 Å². The number of carbonyl (C=O) groups is 2. The van der Waals surface area contributed by atoms with Crippen LogP contribution in [0.15, 0.2) is 81.9 Å². The molecule has 0 spiro atoms. The zero-order chi connectivity index (χ0) is 24.1. The highest BCUT2D eigenvalue weighted by Gasteiger charge is 2.40. The number of methoxy groups -OCH3 is 1. The van der Waals surface area contributed by atoms with E-state index in [0.29, 0.717) is 23.6 Å². The summed E-state index contributed by atoms with van der Waals surface area (Å²) in [6.45, 7) is 0.102. The second-order valence-corrected chi connectivity index (χ2v) is 8.55. The summed E-state index contributed by atoms with van der Waals surface area (Å²) in [4.78, 5) is 27.7. The second-order valence-electron chi connectivity index (χ2n) is 7.36. The quantitative estimate of drug-likeness (QED) is 0.405. The Bertz CT molecular complexity index is 1250. The fraction of sp³-hybridized carbons (Fsp3) is 0.160. The molecule has 1 N–H and O–H groups in total. The van der Waals surface area contributed by atoms with E-state index in [4.69, 9.17) is 9.15 Å². The fourth-order valence-electron chi connectivity index (χ4n) is 3.46. The maximum Gasteiger partial charge on any atom is 0.265 e. The standard InChI is InChI=1S/C25H20FN3O4S/c1-32-19-10-8-18(9-11-19)29-24(31)22(13-16-4-6-17(26)7-5-16)34-25(29)21(14-27)23(30)28-15-20-3-2-12-33-20/h2-12,22H,13,15H2,1H3,(H,28,30)/b25-21-. The van der Waals surface area contributed by atoms with Crippen molar-refractivity contribution in [2.24, 2.45) is 0 Å². The molecule has 2 amide bonds. The Morgan fingerprint density at radius 1 is 1.21 bits per heavy atom. The van der Waals surface area contributed by atoms with Crippen molar-refractivity contribution >= 4 is 29.3 Å². The molecule has 3 aromatic rings. The Hall–Kier alpha value is -4.03. The summed E-state index contributed by atoms with van der Waals surface area (Å²) in [5.74, 6) is -0.120. The van der Waals surface area contributed by atoms with Gasteiger partial charge < -0.3 is 14.5 Å². The summed E-state index contributed by atoms with van der Waals surface area (Å²) in [5, 5.41) is 12.2. The lowest BCUT2D eigenvalue weighted by molar-refractivity contribution is -0.117. The molecular formula is C25H20FN3O4S. The molecule has 7 nitrogen and oxygen atoms in total. The van der Waals surface area contributed by atoms with E-state index in [1.54, 1.807) is 48.5 Å². The van der Waals surface area contributed by atoms with Crippen LogP contribution < -0.4 is 15.0 Å². The highest BCUT2D eigenvalue weighted by molar-refractivity contribution is 8.05. The van der Waals surface area contributed by atoms with Crippen LogP contribution in [0.4, 0.5) is 10.1 Å². The van der Waals surface area contributed by atoms with Crippen LogP contribution in [0.3, 0.4) is 0 Å². The molecule has 34 heavy (non-hydrogen) atoms. The molecule has 1 aliphatic rings. The smallest absolute Gasteiger partial charge is 0.265 e. The molecule has 0 radical (unpaired) electrons.